The Morgan fingerprint density at radius 1 is 1.12 bits per heavy atom. The number of nitrogens with one attached hydrogen (secondary N) is 2. The first kappa shape index (κ1) is 19.0. The molecule has 2 heterocycles. The summed E-state index contributed by atoms with van der Waals surface area (Å²) in [6, 6.07) is 0. The molecule has 2 aromatic heterocycles. The maximum absolute atomic E-state index is 5.42. The van der Waals surface area contributed by atoms with E-state index in [9.17, 15) is 0 Å². The Kier molecular flexibility index (Phi) is 6.61. The summed E-state index contributed by atoms with van der Waals surface area (Å²) in [5, 5.41) is 15.3. The van der Waals surface area contributed by atoms with Gasteiger partial charge in [0, 0.05) is 43.4 Å². The number of aryl methyl sites for hydroxylation is 4. The highest BCUT2D eigenvalue weighted by Gasteiger charge is 2.14. The van der Waals surface area contributed by atoms with Crippen LogP contribution in [0, 0.1) is 13.8 Å². The standard InChI is InChI=1S/C18H30N6O/c1-7-16-15(17(8-2)25-23-16)11-21-18(19-9-3)20-10-14-12(4)22-24(6)13(14)5/h7-11H2,1-6H3,(H2,19,20,21). The van der Waals surface area contributed by atoms with Crippen molar-refractivity contribution in [3.05, 3.63) is 34.0 Å². The molecule has 0 unspecified atom stereocenters. The molecule has 0 saturated carbocycles. The van der Waals surface area contributed by atoms with E-state index < -0.39 is 0 Å². The molecule has 25 heavy (non-hydrogen) atoms. The van der Waals surface area contributed by atoms with Crippen LogP contribution in [0.2, 0.25) is 0 Å². The van der Waals surface area contributed by atoms with Gasteiger partial charge in [-0.2, -0.15) is 5.10 Å². The van der Waals surface area contributed by atoms with E-state index in [0.717, 1.165) is 48.1 Å². The lowest BCUT2D eigenvalue weighted by atomic mass is 10.1. The second-order valence-corrected chi connectivity index (χ2v) is 6.06. The highest BCUT2D eigenvalue weighted by Crippen LogP contribution is 2.17. The van der Waals surface area contributed by atoms with Crippen molar-refractivity contribution in [2.45, 2.75) is 60.5 Å². The van der Waals surface area contributed by atoms with E-state index in [4.69, 9.17) is 9.52 Å². The van der Waals surface area contributed by atoms with Gasteiger partial charge in [-0.15, -0.1) is 0 Å². The van der Waals surface area contributed by atoms with Crippen molar-refractivity contribution in [2.75, 3.05) is 6.54 Å². The van der Waals surface area contributed by atoms with Crippen LogP contribution in [-0.4, -0.2) is 27.4 Å². The van der Waals surface area contributed by atoms with Gasteiger partial charge in [-0.1, -0.05) is 19.0 Å². The summed E-state index contributed by atoms with van der Waals surface area (Å²) in [7, 11) is 1.97. The second-order valence-electron chi connectivity index (χ2n) is 6.06. The van der Waals surface area contributed by atoms with E-state index in [-0.39, 0.29) is 0 Å². The van der Waals surface area contributed by atoms with Crippen molar-refractivity contribution in [1.82, 2.24) is 25.6 Å². The molecule has 0 radical (unpaired) electrons. The Balaban J connectivity index is 2.12. The first-order valence-corrected chi connectivity index (χ1v) is 8.99. The number of guanidine groups is 1. The first-order valence-electron chi connectivity index (χ1n) is 8.99. The third-order valence-electron chi connectivity index (χ3n) is 4.44. The summed E-state index contributed by atoms with van der Waals surface area (Å²) in [5.41, 5.74) is 5.53. The van der Waals surface area contributed by atoms with Crippen molar-refractivity contribution in [3.63, 3.8) is 0 Å². The molecular formula is C18H30N6O. The number of rotatable bonds is 7. The Hall–Kier alpha value is -2.31. The highest BCUT2D eigenvalue weighted by molar-refractivity contribution is 5.79. The van der Waals surface area contributed by atoms with Crippen molar-refractivity contribution in [3.8, 4) is 0 Å². The van der Waals surface area contributed by atoms with E-state index in [1.807, 2.05) is 18.7 Å². The van der Waals surface area contributed by atoms with Gasteiger partial charge in [0.15, 0.2) is 5.96 Å². The predicted octanol–water partition coefficient (Wildman–Crippen LogP) is 2.41. The third kappa shape index (κ3) is 4.41. The molecule has 2 rings (SSSR count). The van der Waals surface area contributed by atoms with Crippen molar-refractivity contribution in [2.24, 2.45) is 12.0 Å². The van der Waals surface area contributed by atoms with Crippen LogP contribution in [0.5, 0.6) is 0 Å². The van der Waals surface area contributed by atoms with Crippen LogP contribution in [0.25, 0.3) is 0 Å². The summed E-state index contributed by atoms with van der Waals surface area (Å²) in [6.07, 6.45) is 1.68. The lowest BCUT2D eigenvalue weighted by molar-refractivity contribution is 0.380. The van der Waals surface area contributed by atoms with Gasteiger partial charge in [-0.25, -0.2) is 4.99 Å². The topological polar surface area (TPSA) is 80.3 Å². The van der Waals surface area contributed by atoms with Gasteiger partial charge in [0.2, 0.25) is 0 Å². The lowest BCUT2D eigenvalue weighted by Gasteiger charge is -2.12. The molecule has 0 aromatic carbocycles. The Morgan fingerprint density at radius 2 is 1.88 bits per heavy atom. The SMILES string of the molecule is CCNC(=NCc1c(CC)noc1CC)NCc1c(C)nn(C)c1C. The normalized spacial score (nSPS) is 11.8. The minimum atomic E-state index is 0.566. The summed E-state index contributed by atoms with van der Waals surface area (Å²) < 4.78 is 7.33. The predicted molar refractivity (Wildman–Crippen MR) is 99.6 cm³/mol. The molecule has 0 aliphatic rings. The van der Waals surface area contributed by atoms with Crippen LogP contribution in [0.3, 0.4) is 0 Å². The molecule has 0 aliphatic carbocycles. The molecule has 2 aromatic rings. The smallest absolute Gasteiger partial charge is 0.191 e. The fourth-order valence-electron chi connectivity index (χ4n) is 2.86. The Labute approximate surface area is 149 Å². The minimum absolute atomic E-state index is 0.566. The van der Waals surface area contributed by atoms with Gasteiger partial charge >= 0.3 is 0 Å². The highest BCUT2D eigenvalue weighted by atomic mass is 16.5. The molecule has 0 bridgehead atoms. The average Bonchev–Trinajstić information content (AvgIpc) is 3.11. The monoisotopic (exact) mass is 346 g/mol. The van der Waals surface area contributed by atoms with Crippen molar-refractivity contribution < 1.29 is 4.52 Å². The zero-order valence-corrected chi connectivity index (χ0v) is 16.2. The van der Waals surface area contributed by atoms with Gasteiger partial charge in [-0.05, 0) is 27.2 Å². The second kappa shape index (κ2) is 8.69. The van der Waals surface area contributed by atoms with Gasteiger partial charge < -0.3 is 15.2 Å². The molecule has 0 aliphatic heterocycles. The van der Waals surface area contributed by atoms with E-state index in [1.54, 1.807) is 0 Å². The van der Waals surface area contributed by atoms with Crippen molar-refractivity contribution in [1.29, 1.82) is 0 Å². The zero-order chi connectivity index (χ0) is 18.4. The van der Waals surface area contributed by atoms with Gasteiger partial charge in [0.1, 0.15) is 5.76 Å². The van der Waals surface area contributed by atoms with Gasteiger partial charge in [0.05, 0.1) is 17.9 Å². The number of hydrogen-bond donors (Lipinski definition) is 2. The van der Waals surface area contributed by atoms with Gasteiger partial charge in [0.25, 0.3) is 0 Å². The Morgan fingerprint density at radius 3 is 2.44 bits per heavy atom. The number of nitrogens with zero attached hydrogens (tertiary/aromatic N) is 4. The minimum Gasteiger partial charge on any atom is -0.361 e. The van der Waals surface area contributed by atoms with E-state index in [2.05, 4.69) is 48.6 Å². The van der Waals surface area contributed by atoms with E-state index in [1.165, 1.54) is 11.3 Å². The fourth-order valence-corrected chi connectivity index (χ4v) is 2.86. The zero-order valence-electron chi connectivity index (χ0n) is 16.2. The maximum Gasteiger partial charge on any atom is 0.191 e. The molecule has 0 spiro atoms. The van der Waals surface area contributed by atoms with Gasteiger partial charge in [-0.3, -0.25) is 4.68 Å². The Bertz CT molecular complexity index is 707. The first-order chi connectivity index (χ1) is 12.0. The molecule has 7 nitrogen and oxygen atoms in total. The van der Waals surface area contributed by atoms with E-state index in [0.29, 0.717) is 13.1 Å². The van der Waals surface area contributed by atoms with Crippen LogP contribution in [0.15, 0.2) is 9.52 Å². The van der Waals surface area contributed by atoms with Crippen LogP contribution in [0.1, 0.15) is 54.7 Å². The van der Waals surface area contributed by atoms with Crippen LogP contribution in [-0.2, 0) is 33.0 Å². The number of aliphatic imine (C=N–C) groups is 1. The molecule has 0 saturated heterocycles. The molecule has 0 fully saturated rings. The summed E-state index contributed by atoms with van der Waals surface area (Å²) in [5.74, 6) is 1.71. The van der Waals surface area contributed by atoms with Crippen LogP contribution >= 0.6 is 0 Å². The molecule has 138 valence electrons. The van der Waals surface area contributed by atoms with E-state index >= 15 is 0 Å². The summed E-state index contributed by atoms with van der Waals surface area (Å²) in [6.45, 7) is 12.4. The third-order valence-corrected chi connectivity index (χ3v) is 4.44. The largest absolute Gasteiger partial charge is 0.361 e. The maximum atomic E-state index is 5.42. The quantitative estimate of drug-likeness (QED) is 0.594. The van der Waals surface area contributed by atoms with Crippen molar-refractivity contribution >= 4 is 5.96 Å². The number of hydrogen-bond acceptors (Lipinski definition) is 4. The molecule has 0 atom stereocenters. The molecule has 0 amide bonds. The summed E-state index contributed by atoms with van der Waals surface area (Å²) >= 11 is 0. The molecule has 7 heteroatoms. The molecular weight excluding hydrogens is 316 g/mol. The van der Waals surface area contributed by atoms with Crippen LogP contribution < -0.4 is 10.6 Å². The summed E-state index contributed by atoms with van der Waals surface area (Å²) in [4.78, 5) is 4.72. The van der Waals surface area contributed by atoms with Crippen LogP contribution in [0.4, 0.5) is 0 Å². The fraction of sp³-hybridized carbons (Fsp3) is 0.611. The molecule has 2 N–H and O–H groups in total. The lowest BCUT2D eigenvalue weighted by Crippen LogP contribution is -2.37. The number of aromatic nitrogens is 3. The average molecular weight is 346 g/mol.